The third kappa shape index (κ3) is 4.02. The molecule has 1 heterocycles. The fraction of sp³-hybridized carbons (Fsp3) is 0.0769. The quantitative estimate of drug-likeness (QED) is 0.180. The van der Waals surface area contributed by atoms with E-state index < -0.39 is 5.41 Å². The van der Waals surface area contributed by atoms with E-state index in [0.717, 1.165) is 5.69 Å². The van der Waals surface area contributed by atoms with E-state index in [0.29, 0.717) is 0 Å². The van der Waals surface area contributed by atoms with Crippen molar-refractivity contribution in [1.82, 2.24) is 0 Å². The van der Waals surface area contributed by atoms with Crippen LogP contribution in [0.15, 0.2) is 188 Å². The third-order valence-corrected chi connectivity index (χ3v) is 12.3. The minimum Gasteiger partial charge on any atom is -0.310 e. The highest BCUT2D eigenvalue weighted by Crippen LogP contribution is 2.65. The lowest BCUT2D eigenvalue weighted by Gasteiger charge is -2.45. The van der Waals surface area contributed by atoms with Gasteiger partial charge in [-0.15, -0.1) is 0 Å². The van der Waals surface area contributed by atoms with Crippen LogP contribution >= 0.6 is 0 Å². The zero-order valence-electron chi connectivity index (χ0n) is 29.8. The molecule has 0 saturated heterocycles. The first-order chi connectivity index (χ1) is 26.1. The van der Waals surface area contributed by atoms with Gasteiger partial charge in [-0.25, -0.2) is 0 Å². The SMILES string of the molecule is CC1(C)c2cc(-c3ccccc3)ccc2-c2ccc(-c3cccc4c3C3(c5ccccc5-4)c4ccccc4N(c4ccccc4)c4ccccc43)cc21. The maximum absolute atomic E-state index is 2.50. The highest BCUT2D eigenvalue weighted by Gasteiger charge is 2.52. The Morgan fingerprint density at radius 2 is 0.830 bits per heavy atom. The van der Waals surface area contributed by atoms with Crippen LogP contribution in [-0.4, -0.2) is 0 Å². The standard InChI is InChI=1S/C52H37N/c1-51(2)46-32-35(34-16-5-3-6-17-34)28-30-40(46)41-31-29-36(33-47(41)51)38-21-15-22-42-39-20-9-10-23-43(39)52(50(38)42)44-24-11-13-26-48(44)53(37-18-7-4-8-19-37)49-27-14-12-25-45(49)52/h3-33H,1-2H3. The van der Waals surface area contributed by atoms with Crippen LogP contribution in [0.25, 0.3) is 44.5 Å². The zero-order valence-corrected chi connectivity index (χ0v) is 29.8. The van der Waals surface area contributed by atoms with Gasteiger partial charge in [-0.3, -0.25) is 0 Å². The van der Waals surface area contributed by atoms with Crippen LogP contribution in [0.2, 0.25) is 0 Å². The van der Waals surface area contributed by atoms with E-state index >= 15 is 0 Å². The predicted molar refractivity (Wildman–Crippen MR) is 220 cm³/mol. The summed E-state index contributed by atoms with van der Waals surface area (Å²) in [6.07, 6.45) is 0. The van der Waals surface area contributed by atoms with E-state index in [1.54, 1.807) is 0 Å². The molecule has 0 bridgehead atoms. The smallest absolute Gasteiger partial charge is 0.0760 e. The molecule has 0 fully saturated rings. The van der Waals surface area contributed by atoms with Crippen molar-refractivity contribution in [2.75, 3.05) is 4.90 Å². The summed E-state index contributed by atoms with van der Waals surface area (Å²) < 4.78 is 0. The maximum atomic E-state index is 2.50. The third-order valence-electron chi connectivity index (χ3n) is 12.3. The van der Waals surface area contributed by atoms with Gasteiger partial charge in [0.2, 0.25) is 0 Å². The Bertz CT molecular complexity index is 2710. The van der Waals surface area contributed by atoms with Gasteiger partial charge in [-0.2, -0.15) is 0 Å². The maximum Gasteiger partial charge on any atom is 0.0760 e. The number of fused-ring (bicyclic) bond motifs is 12. The predicted octanol–water partition coefficient (Wildman–Crippen LogP) is 13.5. The second-order valence-corrected chi connectivity index (χ2v) is 15.2. The molecule has 53 heavy (non-hydrogen) atoms. The van der Waals surface area contributed by atoms with Gasteiger partial charge < -0.3 is 4.90 Å². The van der Waals surface area contributed by atoms with Crippen LogP contribution in [0, 0.1) is 0 Å². The Morgan fingerprint density at radius 1 is 0.340 bits per heavy atom. The molecule has 250 valence electrons. The Labute approximate surface area is 311 Å². The summed E-state index contributed by atoms with van der Waals surface area (Å²) in [4.78, 5) is 2.46. The molecule has 8 aromatic carbocycles. The van der Waals surface area contributed by atoms with Crippen LogP contribution in [0.3, 0.4) is 0 Å². The highest BCUT2D eigenvalue weighted by atomic mass is 15.2. The first-order valence-electron chi connectivity index (χ1n) is 18.7. The summed E-state index contributed by atoms with van der Waals surface area (Å²) in [7, 11) is 0. The van der Waals surface area contributed by atoms with Gasteiger partial charge in [0.15, 0.2) is 0 Å². The fourth-order valence-corrected chi connectivity index (χ4v) is 9.98. The van der Waals surface area contributed by atoms with E-state index in [9.17, 15) is 0 Å². The Balaban J connectivity index is 1.16. The topological polar surface area (TPSA) is 3.24 Å². The van der Waals surface area contributed by atoms with Gasteiger partial charge in [0, 0.05) is 11.1 Å². The summed E-state index contributed by atoms with van der Waals surface area (Å²) in [6, 6.07) is 70.2. The van der Waals surface area contributed by atoms with Gasteiger partial charge in [0.25, 0.3) is 0 Å². The minimum atomic E-state index is -0.511. The molecule has 0 unspecified atom stereocenters. The largest absolute Gasteiger partial charge is 0.310 e. The van der Waals surface area contributed by atoms with Crippen LogP contribution in [-0.2, 0) is 10.8 Å². The van der Waals surface area contributed by atoms with E-state index in [4.69, 9.17) is 0 Å². The second-order valence-electron chi connectivity index (χ2n) is 15.2. The Morgan fingerprint density at radius 3 is 1.51 bits per heavy atom. The van der Waals surface area contributed by atoms with Crippen LogP contribution in [0.1, 0.15) is 47.2 Å². The van der Waals surface area contributed by atoms with Crippen molar-refractivity contribution >= 4 is 17.1 Å². The first-order valence-corrected chi connectivity index (χ1v) is 18.7. The second kappa shape index (κ2) is 11.0. The lowest BCUT2D eigenvalue weighted by Crippen LogP contribution is -2.36. The Hall–Kier alpha value is -6.44. The van der Waals surface area contributed by atoms with Crippen molar-refractivity contribution in [3.05, 3.63) is 221 Å². The molecule has 8 aromatic rings. The molecule has 2 aliphatic carbocycles. The van der Waals surface area contributed by atoms with Gasteiger partial charge in [0.05, 0.1) is 16.8 Å². The zero-order chi connectivity index (χ0) is 35.3. The number of benzene rings is 8. The summed E-state index contributed by atoms with van der Waals surface area (Å²) in [5.74, 6) is 0. The first kappa shape index (κ1) is 30.2. The molecule has 0 radical (unpaired) electrons. The molecule has 1 aliphatic heterocycles. The van der Waals surface area contributed by atoms with Gasteiger partial charge in [-0.1, -0.05) is 166 Å². The molecule has 0 atom stereocenters. The molecule has 3 aliphatic rings. The molecule has 1 nitrogen and oxygen atoms in total. The fourth-order valence-electron chi connectivity index (χ4n) is 9.98. The van der Waals surface area contributed by atoms with Crippen molar-refractivity contribution in [1.29, 1.82) is 0 Å². The van der Waals surface area contributed by atoms with Crippen molar-refractivity contribution in [3.63, 3.8) is 0 Å². The van der Waals surface area contributed by atoms with E-state index in [1.165, 1.54) is 89.3 Å². The summed E-state index contributed by atoms with van der Waals surface area (Å²) in [5, 5.41) is 0. The Kier molecular flexibility index (Phi) is 6.29. The lowest BCUT2D eigenvalue weighted by molar-refractivity contribution is 0.661. The van der Waals surface area contributed by atoms with E-state index in [-0.39, 0.29) is 5.41 Å². The number of nitrogens with zero attached hydrogens (tertiary/aromatic N) is 1. The molecule has 0 amide bonds. The van der Waals surface area contributed by atoms with Crippen LogP contribution in [0.5, 0.6) is 0 Å². The average molecular weight is 676 g/mol. The van der Waals surface area contributed by atoms with E-state index in [2.05, 4.69) is 207 Å². The van der Waals surface area contributed by atoms with Crippen molar-refractivity contribution < 1.29 is 0 Å². The molecule has 0 N–H and O–H groups in total. The number of hydrogen-bond donors (Lipinski definition) is 0. The van der Waals surface area contributed by atoms with Crippen LogP contribution < -0.4 is 4.90 Å². The summed E-state index contributed by atoms with van der Waals surface area (Å²) >= 11 is 0. The summed E-state index contributed by atoms with van der Waals surface area (Å²) in [5.41, 5.74) is 21.4. The van der Waals surface area contributed by atoms with Gasteiger partial charge in [-0.05, 0) is 114 Å². The normalized spacial score (nSPS) is 14.9. The van der Waals surface area contributed by atoms with Crippen LogP contribution in [0.4, 0.5) is 17.1 Å². The number of rotatable bonds is 3. The number of para-hydroxylation sites is 3. The molecular weight excluding hydrogens is 639 g/mol. The molecular formula is C52H37N. The van der Waals surface area contributed by atoms with Crippen molar-refractivity contribution in [2.24, 2.45) is 0 Å². The molecule has 0 saturated carbocycles. The molecule has 0 aromatic heterocycles. The van der Waals surface area contributed by atoms with Gasteiger partial charge >= 0.3 is 0 Å². The van der Waals surface area contributed by atoms with Gasteiger partial charge in [0.1, 0.15) is 0 Å². The summed E-state index contributed by atoms with van der Waals surface area (Å²) in [6.45, 7) is 4.80. The molecule has 11 rings (SSSR count). The average Bonchev–Trinajstić information content (AvgIpc) is 3.64. The minimum absolute atomic E-state index is 0.149. The monoisotopic (exact) mass is 675 g/mol. The van der Waals surface area contributed by atoms with E-state index in [1.807, 2.05) is 0 Å². The van der Waals surface area contributed by atoms with Crippen molar-refractivity contribution in [3.8, 4) is 44.5 Å². The lowest BCUT2D eigenvalue weighted by atomic mass is 9.63. The van der Waals surface area contributed by atoms with Crippen molar-refractivity contribution in [2.45, 2.75) is 24.7 Å². The number of hydrogen-bond acceptors (Lipinski definition) is 1. The highest BCUT2D eigenvalue weighted by molar-refractivity contribution is 5.99. The number of anilines is 3. The molecule has 1 heteroatoms. The molecule has 1 spiro atoms.